The van der Waals surface area contributed by atoms with Gasteiger partial charge >= 0.3 is 0 Å². The molecule has 0 fully saturated rings. The molecular weight excluding hydrogens is 314 g/mol. The Labute approximate surface area is 142 Å². The van der Waals surface area contributed by atoms with Gasteiger partial charge in [-0.05, 0) is 35.9 Å². The van der Waals surface area contributed by atoms with E-state index in [1.807, 2.05) is 30.3 Å². The van der Waals surface area contributed by atoms with Crippen LogP contribution in [0.25, 0.3) is 27.7 Å². The third-order valence-electron chi connectivity index (χ3n) is 4.70. The van der Waals surface area contributed by atoms with E-state index in [9.17, 15) is 14.4 Å². The van der Waals surface area contributed by atoms with Gasteiger partial charge in [0.1, 0.15) is 0 Å². The zero-order chi connectivity index (χ0) is 17.1. The van der Waals surface area contributed by atoms with E-state index >= 15 is 0 Å². The fourth-order valence-electron chi connectivity index (χ4n) is 3.67. The Morgan fingerprint density at radius 3 is 2.12 bits per heavy atom. The van der Waals surface area contributed by atoms with Crippen molar-refractivity contribution >= 4 is 28.1 Å². The first-order valence-corrected chi connectivity index (χ1v) is 7.93. The van der Waals surface area contributed by atoms with Crippen LogP contribution < -0.4 is 5.43 Å². The highest BCUT2D eigenvalue weighted by Gasteiger charge is 2.29. The first kappa shape index (κ1) is 13.9. The van der Waals surface area contributed by atoms with E-state index in [0.717, 1.165) is 5.56 Å². The third-order valence-corrected chi connectivity index (χ3v) is 4.70. The maximum atomic E-state index is 12.6. The van der Waals surface area contributed by atoms with E-state index in [2.05, 4.69) is 0 Å². The minimum atomic E-state index is -0.213. The van der Waals surface area contributed by atoms with Crippen LogP contribution in [0.4, 0.5) is 0 Å². The number of carbonyl (C=O) groups excluding carboxylic acids is 2. The fourth-order valence-corrected chi connectivity index (χ4v) is 3.67. The molecule has 4 nitrogen and oxygen atoms in total. The number of hydrogen-bond donors (Lipinski definition) is 0. The van der Waals surface area contributed by atoms with E-state index < -0.39 is 0 Å². The number of fused-ring (bicyclic) bond motifs is 3. The summed E-state index contributed by atoms with van der Waals surface area (Å²) in [5.41, 5.74) is 3.79. The molecule has 1 aliphatic rings. The number of pyridine rings is 2. The Balaban J connectivity index is 2.10. The molecule has 3 heterocycles. The average Bonchev–Trinajstić information content (AvgIpc) is 2.99. The monoisotopic (exact) mass is 325 g/mol. The van der Waals surface area contributed by atoms with Crippen molar-refractivity contribution in [2.24, 2.45) is 0 Å². The van der Waals surface area contributed by atoms with Crippen molar-refractivity contribution in [3.63, 3.8) is 0 Å². The van der Waals surface area contributed by atoms with Crippen molar-refractivity contribution in [2.75, 3.05) is 0 Å². The van der Waals surface area contributed by atoms with Gasteiger partial charge < -0.3 is 4.40 Å². The van der Waals surface area contributed by atoms with Gasteiger partial charge in [0.25, 0.3) is 0 Å². The largest absolute Gasteiger partial charge is 0.305 e. The van der Waals surface area contributed by atoms with Gasteiger partial charge in [0, 0.05) is 5.56 Å². The normalized spacial score (nSPS) is 13.8. The van der Waals surface area contributed by atoms with E-state index in [0.29, 0.717) is 33.2 Å². The molecule has 0 radical (unpaired) electrons. The SMILES string of the molecule is O=C1C=CC(=O)c2c1c1cccc3c(=O)cc(-c4ccccc4)c2n13. The quantitative estimate of drug-likeness (QED) is 0.538. The van der Waals surface area contributed by atoms with Crippen LogP contribution in [0.1, 0.15) is 20.7 Å². The number of aromatic nitrogens is 1. The molecule has 0 aliphatic heterocycles. The first-order chi connectivity index (χ1) is 12.2. The standard InChI is InChI=1S/C21H11NO3/c23-16-9-10-17(24)20-19(16)15-8-4-7-14-18(25)11-13(21(20)22(14)15)12-5-2-1-3-6-12/h1-11H. The van der Waals surface area contributed by atoms with Gasteiger partial charge in [0.2, 0.25) is 5.43 Å². The van der Waals surface area contributed by atoms with Crippen LogP contribution in [-0.4, -0.2) is 16.0 Å². The number of benzene rings is 1. The molecular formula is C21H11NO3. The summed E-state index contributed by atoms with van der Waals surface area (Å²) >= 11 is 0. The van der Waals surface area contributed by atoms with Crippen LogP contribution in [-0.2, 0) is 0 Å². The predicted molar refractivity (Wildman–Crippen MR) is 95.6 cm³/mol. The van der Waals surface area contributed by atoms with Crippen LogP contribution in [0.15, 0.2) is 71.5 Å². The van der Waals surface area contributed by atoms with Crippen molar-refractivity contribution in [2.45, 2.75) is 0 Å². The Kier molecular flexibility index (Phi) is 2.63. The molecule has 0 amide bonds. The third kappa shape index (κ3) is 1.73. The summed E-state index contributed by atoms with van der Waals surface area (Å²) in [6.07, 6.45) is 2.60. The minimum absolute atomic E-state index is 0.142. The molecule has 4 aromatic rings. The number of rotatable bonds is 1. The molecule has 1 aliphatic carbocycles. The Hall–Kier alpha value is -3.53. The zero-order valence-corrected chi connectivity index (χ0v) is 13.0. The molecule has 1 aromatic carbocycles. The van der Waals surface area contributed by atoms with Gasteiger partial charge in [0.05, 0.1) is 27.7 Å². The average molecular weight is 325 g/mol. The second-order valence-electron chi connectivity index (χ2n) is 6.08. The summed E-state index contributed by atoms with van der Waals surface area (Å²) < 4.78 is 1.75. The Morgan fingerprint density at radius 2 is 1.36 bits per heavy atom. The van der Waals surface area contributed by atoms with Crippen molar-refractivity contribution in [3.05, 3.63) is 88.1 Å². The molecule has 0 unspecified atom stereocenters. The molecule has 0 saturated carbocycles. The number of ketones is 2. The number of allylic oxidation sites excluding steroid dienone is 2. The number of hydrogen-bond acceptors (Lipinski definition) is 3. The van der Waals surface area contributed by atoms with Crippen molar-refractivity contribution in [1.29, 1.82) is 0 Å². The summed E-state index contributed by atoms with van der Waals surface area (Å²) in [4.78, 5) is 37.7. The fraction of sp³-hybridized carbons (Fsp3) is 0. The lowest BCUT2D eigenvalue weighted by Gasteiger charge is -2.09. The predicted octanol–water partition coefficient (Wildman–Crippen LogP) is 3.49. The van der Waals surface area contributed by atoms with Crippen molar-refractivity contribution in [3.8, 4) is 11.1 Å². The smallest absolute Gasteiger partial charge is 0.203 e. The highest BCUT2D eigenvalue weighted by atomic mass is 16.1. The molecule has 4 heteroatoms. The molecule has 0 N–H and O–H groups in total. The Morgan fingerprint density at radius 1 is 0.680 bits per heavy atom. The highest BCUT2D eigenvalue weighted by molar-refractivity contribution is 6.29. The second kappa shape index (κ2) is 4.74. The van der Waals surface area contributed by atoms with Crippen LogP contribution in [0.2, 0.25) is 0 Å². The van der Waals surface area contributed by atoms with Crippen LogP contribution in [0.5, 0.6) is 0 Å². The molecule has 3 aromatic heterocycles. The summed E-state index contributed by atoms with van der Waals surface area (Å²) in [6, 6.07) is 16.2. The van der Waals surface area contributed by atoms with E-state index in [1.54, 1.807) is 28.7 Å². The maximum absolute atomic E-state index is 12.6. The number of carbonyl (C=O) groups is 2. The van der Waals surface area contributed by atoms with Crippen molar-refractivity contribution in [1.82, 2.24) is 4.40 Å². The number of nitrogens with zero attached hydrogens (tertiary/aromatic N) is 1. The summed E-state index contributed by atoms with van der Waals surface area (Å²) in [5, 5.41) is 0. The minimum Gasteiger partial charge on any atom is -0.305 e. The van der Waals surface area contributed by atoms with Crippen LogP contribution >= 0.6 is 0 Å². The van der Waals surface area contributed by atoms with Gasteiger partial charge in [0.15, 0.2) is 11.6 Å². The molecule has 118 valence electrons. The summed E-state index contributed by atoms with van der Waals surface area (Å²) in [5.74, 6) is -0.423. The second-order valence-corrected chi connectivity index (χ2v) is 6.08. The lowest BCUT2D eigenvalue weighted by atomic mass is 9.94. The lowest BCUT2D eigenvalue weighted by molar-refractivity contribution is 0.0997. The van der Waals surface area contributed by atoms with Crippen LogP contribution in [0, 0.1) is 0 Å². The van der Waals surface area contributed by atoms with Gasteiger partial charge in [-0.1, -0.05) is 36.4 Å². The van der Waals surface area contributed by atoms with E-state index in [4.69, 9.17) is 0 Å². The molecule has 0 spiro atoms. The molecule has 5 rings (SSSR count). The summed E-state index contributed by atoms with van der Waals surface area (Å²) in [6.45, 7) is 0. The van der Waals surface area contributed by atoms with Gasteiger partial charge in [-0.2, -0.15) is 0 Å². The van der Waals surface area contributed by atoms with E-state index in [1.165, 1.54) is 12.2 Å². The molecule has 0 atom stereocenters. The van der Waals surface area contributed by atoms with Crippen molar-refractivity contribution < 1.29 is 9.59 Å². The first-order valence-electron chi connectivity index (χ1n) is 7.93. The Bertz CT molecular complexity index is 1280. The highest BCUT2D eigenvalue weighted by Crippen LogP contribution is 2.36. The maximum Gasteiger partial charge on any atom is 0.203 e. The van der Waals surface area contributed by atoms with Gasteiger partial charge in [-0.25, -0.2) is 0 Å². The van der Waals surface area contributed by atoms with Gasteiger partial charge in [-0.15, -0.1) is 0 Å². The van der Waals surface area contributed by atoms with Gasteiger partial charge in [-0.3, -0.25) is 14.4 Å². The topological polar surface area (TPSA) is 55.6 Å². The lowest BCUT2D eigenvalue weighted by Crippen LogP contribution is -2.10. The molecule has 0 bridgehead atoms. The molecule has 25 heavy (non-hydrogen) atoms. The summed E-state index contributed by atoms with van der Waals surface area (Å²) in [7, 11) is 0. The molecule has 0 saturated heterocycles. The van der Waals surface area contributed by atoms with Crippen LogP contribution in [0.3, 0.4) is 0 Å². The van der Waals surface area contributed by atoms with E-state index in [-0.39, 0.29) is 17.0 Å². The zero-order valence-electron chi connectivity index (χ0n) is 13.0.